The highest BCUT2D eigenvalue weighted by atomic mass is 32.2. The largest absolute Gasteiger partial charge is 0.474 e. The van der Waals surface area contributed by atoms with E-state index in [-0.39, 0.29) is 41.0 Å². The number of sulfone groups is 1. The number of benzene rings is 1. The molecule has 3 heterocycles. The molecule has 12 heteroatoms. The van der Waals surface area contributed by atoms with Crippen LogP contribution in [0.2, 0.25) is 0 Å². The number of nitrogens with zero attached hydrogens (tertiary/aromatic N) is 4. The second kappa shape index (κ2) is 9.68. The molecule has 1 saturated heterocycles. The molecule has 1 aliphatic rings. The topological polar surface area (TPSA) is 112 Å². The first kappa shape index (κ1) is 24.7. The minimum absolute atomic E-state index is 0.0254. The summed E-state index contributed by atoms with van der Waals surface area (Å²) >= 11 is 0. The molecule has 1 fully saturated rings. The fourth-order valence-electron chi connectivity index (χ4n) is 3.84. The number of aromatic nitrogens is 3. The molecular weight excluding hydrogens is 482 g/mol. The molecule has 0 spiro atoms. The van der Waals surface area contributed by atoms with Crippen molar-refractivity contribution in [1.82, 2.24) is 19.9 Å². The molecule has 2 aromatic heterocycles. The van der Waals surface area contributed by atoms with Crippen molar-refractivity contribution < 1.29 is 31.5 Å². The Morgan fingerprint density at radius 1 is 1.11 bits per heavy atom. The number of rotatable bonds is 5. The lowest BCUT2D eigenvalue weighted by Gasteiger charge is -2.31. The lowest BCUT2D eigenvalue weighted by molar-refractivity contribution is 0.0511. The summed E-state index contributed by atoms with van der Waals surface area (Å²) in [5.41, 5.74) is 0.0143. The van der Waals surface area contributed by atoms with E-state index in [0.717, 1.165) is 12.3 Å². The molecule has 0 saturated carbocycles. The van der Waals surface area contributed by atoms with Crippen molar-refractivity contribution in [1.29, 1.82) is 0 Å². The van der Waals surface area contributed by atoms with Crippen LogP contribution in [0.1, 0.15) is 26.7 Å². The van der Waals surface area contributed by atoms with E-state index in [1.54, 1.807) is 24.8 Å². The Morgan fingerprint density at radius 2 is 1.83 bits per heavy atom. The van der Waals surface area contributed by atoms with E-state index < -0.39 is 26.4 Å². The Hall–Kier alpha value is -3.41. The normalized spacial score (nSPS) is 15.0. The van der Waals surface area contributed by atoms with Crippen LogP contribution in [0.3, 0.4) is 0 Å². The van der Waals surface area contributed by atoms with Crippen LogP contribution in [-0.4, -0.2) is 65.9 Å². The Balaban J connectivity index is 1.60. The van der Waals surface area contributed by atoms with E-state index in [0.29, 0.717) is 37.4 Å². The molecule has 3 aromatic rings. The SMILES string of the molecule is CC(C)OC(=O)N1CCC(Oc2ncnc3c(-c4cc(F)c(S(C)(=O)=O)cc4F)nccc23)CC1. The lowest BCUT2D eigenvalue weighted by atomic mass is 10.1. The molecule has 1 aliphatic heterocycles. The van der Waals surface area contributed by atoms with Gasteiger partial charge in [-0.2, -0.15) is 0 Å². The Kier molecular flexibility index (Phi) is 6.84. The number of carbonyl (C=O) groups is 1. The monoisotopic (exact) mass is 506 g/mol. The van der Waals surface area contributed by atoms with Crippen molar-refractivity contribution >= 4 is 26.8 Å². The smallest absolute Gasteiger partial charge is 0.410 e. The predicted molar refractivity (Wildman–Crippen MR) is 123 cm³/mol. The zero-order valence-corrected chi connectivity index (χ0v) is 20.2. The van der Waals surface area contributed by atoms with Crippen molar-refractivity contribution in [3.8, 4) is 17.1 Å². The van der Waals surface area contributed by atoms with Crippen LogP contribution in [0, 0.1) is 11.6 Å². The second-order valence-corrected chi connectivity index (χ2v) is 10.5. The zero-order chi connectivity index (χ0) is 25.3. The average molecular weight is 507 g/mol. The summed E-state index contributed by atoms with van der Waals surface area (Å²) in [7, 11) is -3.95. The molecule has 35 heavy (non-hydrogen) atoms. The number of fused-ring (bicyclic) bond motifs is 1. The number of piperidine rings is 1. The predicted octanol–water partition coefficient (Wildman–Crippen LogP) is 3.76. The van der Waals surface area contributed by atoms with Gasteiger partial charge in [0.1, 0.15) is 34.5 Å². The number of likely N-dealkylation sites (tertiary alicyclic amines) is 1. The summed E-state index contributed by atoms with van der Waals surface area (Å²) in [6.07, 6.45) is 3.75. The summed E-state index contributed by atoms with van der Waals surface area (Å²) in [5.74, 6) is -1.79. The number of amides is 1. The molecular formula is C23H24F2N4O5S. The summed E-state index contributed by atoms with van der Waals surface area (Å²) in [6, 6.07) is 3.03. The number of ether oxygens (including phenoxy) is 2. The van der Waals surface area contributed by atoms with E-state index in [9.17, 15) is 22.0 Å². The molecule has 0 atom stereocenters. The van der Waals surface area contributed by atoms with Gasteiger partial charge in [0.2, 0.25) is 5.88 Å². The summed E-state index contributed by atoms with van der Waals surface area (Å²) in [5, 5.41) is 0.436. The molecule has 9 nitrogen and oxygen atoms in total. The van der Waals surface area contributed by atoms with E-state index in [1.165, 1.54) is 12.5 Å². The van der Waals surface area contributed by atoms with Gasteiger partial charge in [-0.1, -0.05) is 0 Å². The van der Waals surface area contributed by atoms with Crippen LogP contribution in [0.25, 0.3) is 22.2 Å². The Bertz CT molecular complexity index is 1380. The van der Waals surface area contributed by atoms with Crippen molar-refractivity contribution in [3.63, 3.8) is 0 Å². The number of pyridine rings is 1. The van der Waals surface area contributed by atoms with E-state index in [1.807, 2.05) is 0 Å². The highest BCUT2D eigenvalue weighted by Crippen LogP contribution is 2.33. The third-order valence-corrected chi connectivity index (χ3v) is 6.62. The quantitative estimate of drug-likeness (QED) is 0.514. The number of hydrogen-bond acceptors (Lipinski definition) is 8. The molecule has 0 radical (unpaired) electrons. The molecule has 1 aromatic carbocycles. The summed E-state index contributed by atoms with van der Waals surface area (Å²) in [4.78, 5) is 25.5. The van der Waals surface area contributed by atoms with Gasteiger partial charge in [-0.25, -0.2) is 32.0 Å². The minimum Gasteiger partial charge on any atom is -0.474 e. The van der Waals surface area contributed by atoms with Gasteiger partial charge in [-0.05, 0) is 32.0 Å². The van der Waals surface area contributed by atoms with Crippen LogP contribution in [-0.2, 0) is 14.6 Å². The van der Waals surface area contributed by atoms with Gasteiger partial charge >= 0.3 is 6.09 Å². The van der Waals surface area contributed by atoms with Crippen LogP contribution in [0.5, 0.6) is 5.88 Å². The number of carbonyl (C=O) groups excluding carboxylic acids is 1. The van der Waals surface area contributed by atoms with Crippen molar-refractivity contribution in [3.05, 3.63) is 42.4 Å². The standard InChI is InChI=1S/C23H24F2N4O5S/c1-13(2)33-23(30)29-8-5-14(6-9-29)34-22-15-4-7-26-21(20(15)27-12-28-22)16-10-18(25)19(11-17(16)24)35(3,31)32/h4,7,10-14H,5-6,8-9H2,1-3H3. The maximum atomic E-state index is 14.8. The minimum atomic E-state index is -3.95. The molecule has 0 aliphatic carbocycles. The Labute approximate surface area is 201 Å². The van der Waals surface area contributed by atoms with Crippen molar-refractivity contribution in [2.45, 2.75) is 43.8 Å². The molecule has 186 valence electrons. The molecule has 1 amide bonds. The molecule has 0 bridgehead atoms. The number of halogens is 2. The molecule has 0 N–H and O–H groups in total. The fraction of sp³-hybridized carbons (Fsp3) is 0.391. The fourth-order valence-corrected chi connectivity index (χ4v) is 4.57. The first-order chi connectivity index (χ1) is 16.5. The molecule has 4 rings (SSSR count). The van der Waals surface area contributed by atoms with Gasteiger partial charge < -0.3 is 14.4 Å². The van der Waals surface area contributed by atoms with E-state index in [2.05, 4.69) is 15.0 Å². The van der Waals surface area contributed by atoms with Gasteiger partial charge in [-0.3, -0.25) is 4.98 Å². The third-order valence-electron chi connectivity index (χ3n) is 5.51. The van der Waals surface area contributed by atoms with Gasteiger partial charge in [0.05, 0.1) is 17.2 Å². The van der Waals surface area contributed by atoms with E-state index >= 15 is 0 Å². The third kappa shape index (κ3) is 5.31. The van der Waals surface area contributed by atoms with Crippen LogP contribution in [0.4, 0.5) is 13.6 Å². The first-order valence-corrected chi connectivity index (χ1v) is 12.8. The van der Waals surface area contributed by atoms with Crippen molar-refractivity contribution in [2.24, 2.45) is 0 Å². The maximum Gasteiger partial charge on any atom is 0.410 e. The highest BCUT2D eigenvalue weighted by Gasteiger charge is 2.27. The highest BCUT2D eigenvalue weighted by molar-refractivity contribution is 7.90. The molecule has 0 unspecified atom stereocenters. The maximum absolute atomic E-state index is 14.8. The lowest BCUT2D eigenvalue weighted by Crippen LogP contribution is -2.42. The van der Waals surface area contributed by atoms with Crippen LogP contribution in [0.15, 0.2) is 35.6 Å². The van der Waals surface area contributed by atoms with Crippen LogP contribution < -0.4 is 4.74 Å². The van der Waals surface area contributed by atoms with Crippen LogP contribution >= 0.6 is 0 Å². The summed E-state index contributed by atoms with van der Waals surface area (Å²) < 4.78 is 64.1. The van der Waals surface area contributed by atoms with Crippen molar-refractivity contribution in [2.75, 3.05) is 19.3 Å². The van der Waals surface area contributed by atoms with E-state index in [4.69, 9.17) is 9.47 Å². The van der Waals surface area contributed by atoms with Gasteiger partial charge in [-0.15, -0.1) is 0 Å². The first-order valence-electron chi connectivity index (χ1n) is 11.0. The zero-order valence-electron chi connectivity index (χ0n) is 19.4. The second-order valence-electron chi connectivity index (χ2n) is 8.51. The summed E-state index contributed by atoms with van der Waals surface area (Å²) in [6.45, 7) is 4.50. The van der Waals surface area contributed by atoms with Gasteiger partial charge in [0.25, 0.3) is 0 Å². The Morgan fingerprint density at radius 3 is 2.49 bits per heavy atom. The number of hydrogen-bond donors (Lipinski definition) is 0. The van der Waals surface area contributed by atoms with Gasteiger partial charge in [0, 0.05) is 43.9 Å². The van der Waals surface area contributed by atoms with Gasteiger partial charge in [0.15, 0.2) is 9.84 Å². The average Bonchev–Trinajstić information content (AvgIpc) is 2.79.